The zero-order valence-corrected chi connectivity index (χ0v) is 20.5. The van der Waals surface area contributed by atoms with Gasteiger partial charge < -0.3 is 29.4 Å². The first kappa shape index (κ1) is 29.2. The van der Waals surface area contributed by atoms with E-state index in [4.69, 9.17) is 42.5 Å². The topological polar surface area (TPSA) is 103 Å². The van der Waals surface area contributed by atoms with Gasteiger partial charge in [-0.05, 0) is 54.2 Å². The van der Waals surface area contributed by atoms with E-state index in [1.807, 2.05) is 19.2 Å². The van der Waals surface area contributed by atoms with Gasteiger partial charge in [-0.15, -0.1) is 0 Å². The number of halogens is 1. The van der Waals surface area contributed by atoms with Crippen molar-refractivity contribution in [3.63, 3.8) is 0 Å². The summed E-state index contributed by atoms with van der Waals surface area (Å²) >= 11 is 3.27. The Morgan fingerprint density at radius 2 is 1.55 bits per heavy atom. The highest BCUT2D eigenvalue weighted by atomic mass is 79.9. The highest BCUT2D eigenvalue weighted by molar-refractivity contribution is 9.10. The fraction of sp³-hybridized carbons (Fsp3) is 0.579. The smallest absolute Gasteiger partial charge is 0.409 e. The molecule has 8 nitrogen and oxygen atoms in total. The van der Waals surface area contributed by atoms with Crippen LogP contribution in [0.15, 0.2) is 16.6 Å². The molecule has 0 fully saturated rings. The zero-order valence-electron chi connectivity index (χ0n) is 18.9. The van der Waals surface area contributed by atoms with Gasteiger partial charge in [-0.3, -0.25) is 4.79 Å². The fourth-order valence-corrected chi connectivity index (χ4v) is 2.52. The summed E-state index contributed by atoms with van der Waals surface area (Å²) in [5, 5.41) is 10.4. The zero-order chi connectivity index (χ0) is 24.6. The molecule has 1 amide bonds. The maximum absolute atomic E-state index is 12.0. The molecule has 0 heterocycles. The van der Waals surface area contributed by atoms with Crippen LogP contribution in [0.5, 0.6) is 11.5 Å². The molecule has 6 radical (unpaired) electrons. The summed E-state index contributed by atoms with van der Waals surface area (Å²) < 4.78 is 20.4. The Labute approximate surface area is 196 Å². The van der Waals surface area contributed by atoms with Crippen molar-refractivity contribution in [2.75, 3.05) is 21.0 Å². The third-order valence-corrected chi connectivity index (χ3v) is 4.44. The first-order valence-electron chi connectivity index (χ1n) is 9.30. The van der Waals surface area contributed by atoms with Crippen molar-refractivity contribution in [2.45, 2.75) is 45.5 Å². The monoisotopic (exact) mass is 493 g/mol. The number of esters is 1. The number of carbonyl (C=O) groups is 2. The van der Waals surface area contributed by atoms with E-state index in [2.05, 4.69) is 15.9 Å². The Bertz CT molecular complexity index is 768. The Hall–Kier alpha value is -1.81. The molecule has 166 valence electrons. The lowest BCUT2D eigenvalue weighted by Crippen LogP contribution is -2.64. The van der Waals surface area contributed by atoms with Gasteiger partial charge in [0.1, 0.15) is 19.3 Å². The molecule has 31 heavy (non-hydrogen) atoms. The summed E-state index contributed by atoms with van der Waals surface area (Å²) in [6.07, 6.45) is -1.18. The quantitative estimate of drug-likeness (QED) is 0.340. The van der Waals surface area contributed by atoms with E-state index in [0.29, 0.717) is 10.2 Å². The highest BCUT2D eigenvalue weighted by Crippen LogP contribution is 2.39. The van der Waals surface area contributed by atoms with E-state index in [-0.39, 0.29) is 11.3 Å². The van der Waals surface area contributed by atoms with Crippen LogP contribution in [-0.2, 0) is 19.8 Å². The van der Waals surface area contributed by atoms with Crippen molar-refractivity contribution in [1.82, 2.24) is 5.32 Å². The second-order valence-electron chi connectivity index (χ2n) is 7.18. The molecule has 0 aromatic heterocycles. The molecule has 0 aliphatic carbocycles. The van der Waals surface area contributed by atoms with Crippen molar-refractivity contribution in [3.8, 4) is 11.5 Å². The lowest BCUT2D eigenvalue weighted by molar-refractivity contribution is -0.161. The summed E-state index contributed by atoms with van der Waals surface area (Å²) in [4.78, 5) is 23.6. The minimum absolute atomic E-state index is 0.0653. The summed E-state index contributed by atoms with van der Waals surface area (Å²) in [5.74, 6) is -0.159. The number of alkyl carbamates (subject to hydrolysis) is 1. The Morgan fingerprint density at radius 1 is 1.03 bits per heavy atom. The number of ether oxygens (including phenoxy) is 4. The average molecular weight is 494 g/mol. The van der Waals surface area contributed by atoms with Gasteiger partial charge in [-0.25, -0.2) is 4.79 Å². The molecule has 12 heteroatoms. The third kappa shape index (κ3) is 7.68. The van der Waals surface area contributed by atoms with Crippen LogP contribution in [0.2, 0.25) is 0 Å². The molecule has 1 aromatic carbocycles. The number of aliphatic hydroxyl groups is 1. The molecule has 0 spiro atoms. The van der Waals surface area contributed by atoms with Gasteiger partial charge in [-0.1, -0.05) is 13.8 Å². The van der Waals surface area contributed by atoms with Crippen LogP contribution in [0.3, 0.4) is 0 Å². The van der Waals surface area contributed by atoms with E-state index >= 15 is 0 Å². The van der Waals surface area contributed by atoms with Gasteiger partial charge in [0.05, 0.1) is 45.3 Å². The molecular formula is C19H27B3BrNO7. The normalized spacial score (nSPS) is 13.1. The van der Waals surface area contributed by atoms with Gasteiger partial charge in [0, 0.05) is 5.56 Å². The summed E-state index contributed by atoms with van der Waals surface area (Å²) in [6.45, 7) is 8.22. The molecule has 2 N–H and O–H groups in total. The van der Waals surface area contributed by atoms with E-state index in [0.717, 1.165) is 0 Å². The first-order chi connectivity index (χ1) is 14.2. The van der Waals surface area contributed by atoms with Crippen molar-refractivity contribution in [2.24, 2.45) is 5.41 Å². The minimum atomic E-state index is -2.52. The molecule has 1 atom stereocenters. The number of hydrogen-bond donors (Lipinski definition) is 2. The van der Waals surface area contributed by atoms with Crippen molar-refractivity contribution in [3.05, 3.63) is 22.2 Å². The lowest BCUT2D eigenvalue weighted by atomic mass is 9.45. The number of nitrogens with one attached hydrogen (secondary N) is 1. The lowest BCUT2D eigenvalue weighted by Gasteiger charge is -2.43. The predicted molar refractivity (Wildman–Crippen MR) is 123 cm³/mol. The average Bonchev–Trinajstić information content (AvgIpc) is 2.67. The van der Waals surface area contributed by atoms with Crippen molar-refractivity contribution < 1.29 is 33.6 Å². The molecule has 0 bridgehead atoms. The molecule has 0 saturated heterocycles. The van der Waals surface area contributed by atoms with Crippen LogP contribution in [0.1, 0.15) is 40.2 Å². The molecule has 0 saturated carbocycles. The number of benzene rings is 1. The number of amides is 1. The molecule has 1 rings (SSSR count). The Kier molecular flexibility index (Phi) is 11.0. The number of rotatable bonds is 7. The molecule has 0 aliphatic rings. The Balaban J connectivity index is 0.00000436. The van der Waals surface area contributed by atoms with Gasteiger partial charge >= 0.3 is 12.1 Å². The van der Waals surface area contributed by atoms with E-state index in [9.17, 15) is 14.7 Å². The molecule has 1 unspecified atom stereocenters. The second-order valence-corrected chi connectivity index (χ2v) is 8.03. The minimum Gasteiger partial charge on any atom is -0.496 e. The molecule has 0 aliphatic heterocycles. The third-order valence-electron chi connectivity index (χ3n) is 3.82. The standard InChI is InChI=1S/C17H21B3BrNO7.C2H6/c1-15(2,3)13(23)28-8-29-14(24)22-17(19,20)16(18,25)9-6-12(27-5)10(21)7-11(9)26-4;1-2/h6-7,25H,8H2,1-5H3,(H,22,24);1-2H3. The maximum atomic E-state index is 12.0. The van der Waals surface area contributed by atoms with E-state index in [1.54, 1.807) is 20.8 Å². The number of methoxy groups -OCH3 is 2. The van der Waals surface area contributed by atoms with Crippen LogP contribution >= 0.6 is 15.9 Å². The predicted octanol–water partition coefficient (Wildman–Crippen LogP) is 2.07. The van der Waals surface area contributed by atoms with Crippen LogP contribution in [-0.4, -0.2) is 67.1 Å². The Morgan fingerprint density at radius 3 is 2.00 bits per heavy atom. The van der Waals surface area contributed by atoms with Crippen molar-refractivity contribution >= 4 is 51.5 Å². The van der Waals surface area contributed by atoms with E-state index in [1.165, 1.54) is 26.4 Å². The summed E-state index contributed by atoms with van der Waals surface area (Å²) in [6, 6.07) is 2.82. The highest BCUT2D eigenvalue weighted by Gasteiger charge is 2.43. The maximum Gasteiger partial charge on any atom is 0.409 e. The van der Waals surface area contributed by atoms with Gasteiger partial charge in [-0.2, -0.15) is 0 Å². The summed E-state index contributed by atoms with van der Waals surface area (Å²) in [5.41, 5.74) is -3.36. The second kappa shape index (κ2) is 11.7. The van der Waals surface area contributed by atoms with Gasteiger partial charge in [0.15, 0.2) is 0 Å². The largest absolute Gasteiger partial charge is 0.496 e. The van der Waals surface area contributed by atoms with Crippen LogP contribution in [0.4, 0.5) is 4.79 Å². The SMILES string of the molecule is CC.[B]C([B])(NC(=O)OCOC(=O)C(C)(C)C)C([B])(O)c1cc(OC)c(Br)cc1OC. The van der Waals surface area contributed by atoms with Crippen LogP contribution in [0.25, 0.3) is 0 Å². The van der Waals surface area contributed by atoms with Gasteiger partial charge in [0.25, 0.3) is 0 Å². The van der Waals surface area contributed by atoms with Crippen molar-refractivity contribution in [1.29, 1.82) is 0 Å². The number of carbonyl (C=O) groups excluding carboxylic acids is 2. The van der Waals surface area contributed by atoms with Gasteiger partial charge in [0.2, 0.25) is 6.79 Å². The number of hydrogen-bond acceptors (Lipinski definition) is 7. The molecule has 1 aromatic rings. The van der Waals surface area contributed by atoms with E-state index < -0.39 is 35.1 Å². The van der Waals surface area contributed by atoms with Crippen LogP contribution < -0.4 is 14.8 Å². The van der Waals surface area contributed by atoms with Crippen LogP contribution in [0, 0.1) is 5.41 Å². The first-order valence-corrected chi connectivity index (χ1v) is 10.1. The molecular weight excluding hydrogens is 467 g/mol. The fourth-order valence-electron chi connectivity index (χ4n) is 2.03. The summed E-state index contributed by atoms with van der Waals surface area (Å²) in [7, 11) is 20.4.